The highest BCUT2D eigenvalue weighted by molar-refractivity contribution is 5.81. The zero-order valence-electron chi connectivity index (χ0n) is 12.2. The van der Waals surface area contributed by atoms with Crippen LogP contribution >= 0.6 is 0 Å². The SMILES string of the molecule is COC(=O)C(N)(CN1CCC(OC)CC1C)C1CC1. The van der Waals surface area contributed by atoms with Crippen LogP contribution in [0.1, 0.15) is 32.6 Å². The van der Waals surface area contributed by atoms with Gasteiger partial charge in [-0.1, -0.05) is 0 Å². The highest BCUT2D eigenvalue weighted by Gasteiger charge is 2.50. The van der Waals surface area contributed by atoms with Crippen LogP contribution in [-0.4, -0.2) is 55.9 Å². The molecule has 0 aromatic rings. The molecule has 2 N–H and O–H groups in total. The van der Waals surface area contributed by atoms with E-state index < -0.39 is 5.54 Å². The van der Waals surface area contributed by atoms with E-state index in [2.05, 4.69) is 11.8 Å². The van der Waals surface area contributed by atoms with Crippen molar-refractivity contribution in [2.24, 2.45) is 11.7 Å². The summed E-state index contributed by atoms with van der Waals surface area (Å²) in [6.45, 7) is 3.71. The number of hydrogen-bond acceptors (Lipinski definition) is 5. The molecule has 2 fully saturated rings. The first-order chi connectivity index (χ1) is 9.01. The molecule has 0 bridgehead atoms. The molecule has 1 saturated heterocycles. The van der Waals surface area contributed by atoms with Gasteiger partial charge in [-0.05, 0) is 38.5 Å². The minimum Gasteiger partial charge on any atom is -0.468 e. The number of carbonyl (C=O) groups is 1. The highest BCUT2D eigenvalue weighted by Crippen LogP contribution is 2.40. The van der Waals surface area contributed by atoms with Crippen molar-refractivity contribution in [1.29, 1.82) is 0 Å². The summed E-state index contributed by atoms with van der Waals surface area (Å²) < 4.78 is 10.3. The van der Waals surface area contributed by atoms with Gasteiger partial charge in [0, 0.05) is 26.2 Å². The van der Waals surface area contributed by atoms with Crippen molar-refractivity contribution in [3.05, 3.63) is 0 Å². The molecule has 3 unspecified atom stereocenters. The van der Waals surface area contributed by atoms with Crippen LogP contribution in [0.4, 0.5) is 0 Å². The lowest BCUT2D eigenvalue weighted by atomic mass is 9.91. The van der Waals surface area contributed by atoms with E-state index in [1.807, 2.05) is 0 Å². The number of esters is 1. The molecule has 5 nitrogen and oxygen atoms in total. The summed E-state index contributed by atoms with van der Waals surface area (Å²) in [5.41, 5.74) is 5.54. The molecule has 0 amide bonds. The molecular formula is C14H26N2O3. The maximum atomic E-state index is 12.0. The number of hydrogen-bond donors (Lipinski definition) is 1. The van der Waals surface area contributed by atoms with Crippen molar-refractivity contribution in [2.45, 2.75) is 50.3 Å². The van der Waals surface area contributed by atoms with Crippen LogP contribution in [0.2, 0.25) is 0 Å². The number of piperidine rings is 1. The Balaban J connectivity index is 2.00. The maximum Gasteiger partial charge on any atom is 0.327 e. The molecule has 3 atom stereocenters. The van der Waals surface area contributed by atoms with Gasteiger partial charge in [-0.3, -0.25) is 9.69 Å². The molecule has 5 heteroatoms. The fraction of sp³-hybridized carbons (Fsp3) is 0.929. The number of carbonyl (C=O) groups excluding carboxylic acids is 1. The third-order valence-corrected chi connectivity index (χ3v) is 4.63. The first kappa shape index (κ1) is 14.8. The molecular weight excluding hydrogens is 244 g/mol. The monoisotopic (exact) mass is 270 g/mol. The van der Waals surface area contributed by atoms with E-state index in [1.165, 1.54) is 7.11 Å². The first-order valence-corrected chi connectivity index (χ1v) is 7.15. The van der Waals surface area contributed by atoms with Gasteiger partial charge in [0.05, 0.1) is 13.2 Å². The van der Waals surface area contributed by atoms with Gasteiger partial charge in [-0.15, -0.1) is 0 Å². The minimum atomic E-state index is -0.830. The third kappa shape index (κ3) is 3.09. The summed E-state index contributed by atoms with van der Waals surface area (Å²) >= 11 is 0. The molecule has 0 spiro atoms. The van der Waals surface area contributed by atoms with Gasteiger partial charge < -0.3 is 15.2 Å². The van der Waals surface area contributed by atoms with Crippen molar-refractivity contribution in [3.63, 3.8) is 0 Å². The molecule has 2 aliphatic rings. The number of methoxy groups -OCH3 is 2. The number of nitrogens with zero attached hydrogens (tertiary/aromatic N) is 1. The second-order valence-electron chi connectivity index (χ2n) is 6.01. The van der Waals surface area contributed by atoms with Crippen LogP contribution in [0.3, 0.4) is 0 Å². The van der Waals surface area contributed by atoms with E-state index in [-0.39, 0.29) is 11.9 Å². The molecule has 1 heterocycles. The number of likely N-dealkylation sites (tertiary alicyclic amines) is 1. The Labute approximate surface area is 115 Å². The summed E-state index contributed by atoms with van der Waals surface area (Å²) in [6, 6.07) is 0.394. The van der Waals surface area contributed by atoms with E-state index in [9.17, 15) is 4.79 Å². The standard InChI is InChI=1S/C14H26N2O3/c1-10-8-12(18-2)6-7-16(10)9-14(15,11-4-5-11)13(17)19-3/h10-12H,4-9,15H2,1-3H3. The zero-order valence-corrected chi connectivity index (χ0v) is 12.2. The van der Waals surface area contributed by atoms with E-state index in [4.69, 9.17) is 15.2 Å². The number of ether oxygens (including phenoxy) is 2. The largest absolute Gasteiger partial charge is 0.468 e. The lowest BCUT2D eigenvalue weighted by molar-refractivity contribution is -0.149. The molecule has 19 heavy (non-hydrogen) atoms. The molecule has 0 radical (unpaired) electrons. The van der Waals surface area contributed by atoms with Gasteiger partial charge in [0.1, 0.15) is 5.54 Å². The predicted molar refractivity (Wildman–Crippen MR) is 72.7 cm³/mol. The summed E-state index contributed by atoms with van der Waals surface area (Å²) in [5.74, 6) is 0.0170. The topological polar surface area (TPSA) is 64.8 Å². The molecule has 110 valence electrons. The van der Waals surface area contributed by atoms with Crippen LogP contribution < -0.4 is 5.73 Å². The first-order valence-electron chi connectivity index (χ1n) is 7.15. The fourth-order valence-electron chi connectivity index (χ4n) is 3.11. The third-order valence-electron chi connectivity index (χ3n) is 4.63. The van der Waals surface area contributed by atoms with Gasteiger partial charge >= 0.3 is 5.97 Å². The lowest BCUT2D eigenvalue weighted by Gasteiger charge is -2.41. The van der Waals surface area contributed by atoms with Gasteiger partial charge in [0.2, 0.25) is 0 Å². The van der Waals surface area contributed by atoms with E-state index in [1.54, 1.807) is 7.11 Å². The second-order valence-corrected chi connectivity index (χ2v) is 6.01. The summed E-state index contributed by atoms with van der Waals surface area (Å²) in [5, 5.41) is 0. The highest BCUT2D eigenvalue weighted by atomic mass is 16.5. The molecule has 2 rings (SSSR count). The molecule has 0 aromatic carbocycles. The van der Waals surface area contributed by atoms with Gasteiger partial charge in [-0.2, -0.15) is 0 Å². The Morgan fingerprint density at radius 1 is 1.37 bits per heavy atom. The van der Waals surface area contributed by atoms with Crippen molar-refractivity contribution >= 4 is 5.97 Å². The Morgan fingerprint density at radius 2 is 2.05 bits per heavy atom. The summed E-state index contributed by atoms with van der Waals surface area (Å²) in [7, 11) is 3.19. The van der Waals surface area contributed by atoms with E-state index in [0.717, 1.165) is 32.2 Å². The van der Waals surface area contributed by atoms with Gasteiger partial charge in [0.15, 0.2) is 0 Å². The average Bonchev–Trinajstić information content (AvgIpc) is 3.24. The maximum absolute atomic E-state index is 12.0. The Hall–Kier alpha value is -0.650. The minimum absolute atomic E-state index is 0.268. The Bertz CT molecular complexity index is 333. The zero-order chi connectivity index (χ0) is 14.0. The van der Waals surface area contributed by atoms with Gasteiger partial charge in [0.25, 0.3) is 0 Å². The summed E-state index contributed by atoms with van der Waals surface area (Å²) in [6.07, 6.45) is 4.40. The van der Waals surface area contributed by atoms with Gasteiger partial charge in [-0.25, -0.2) is 0 Å². The van der Waals surface area contributed by atoms with Crippen LogP contribution in [0.5, 0.6) is 0 Å². The van der Waals surface area contributed by atoms with Crippen molar-refractivity contribution in [1.82, 2.24) is 4.90 Å². The Morgan fingerprint density at radius 3 is 2.53 bits per heavy atom. The normalized spacial score (nSPS) is 31.8. The Kier molecular flexibility index (Phi) is 4.48. The summed E-state index contributed by atoms with van der Waals surface area (Å²) in [4.78, 5) is 14.3. The van der Waals surface area contributed by atoms with E-state index in [0.29, 0.717) is 18.7 Å². The van der Waals surface area contributed by atoms with Crippen LogP contribution in [-0.2, 0) is 14.3 Å². The number of rotatable bonds is 5. The second kappa shape index (κ2) is 5.77. The van der Waals surface area contributed by atoms with Crippen LogP contribution in [0.25, 0.3) is 0 Å². The van der Waals surface area contributed by atoms with Crippen molar-refractivity contribution < 1.29 is 14.3 Å². The van der Waals surface area contributed by atoms with Crippen LogP contribution in [0, 0.1) is 5.92 Å². The lowest BCUT2D eigenvalue weighted by Crippen LogP contribution is -2.61. The van der Waals surface area contributed by atoms with Crippen molar-refractivity contribution in [2.75, 3.05) is 27.3 Å². The average molecular weight is 270 g/mol. The smallest absolute Gasteiger partial charge is 0.327 e. The van der Waals surface area contributed by atoms with Crippen molar-refractivity contribution in [3.8, 4) is 0 Å². The van der Waals surface area contributed by atoms with E-state index >= 15 is 0 Å². The molecule has 0 aromatic heterocycles. The molecule has 1 saturated carbocycles. The van der Waals surface area contributed by atoms with Crippen LogP contribution in [0.15, 0.2) is 0 Å². The predicted octanol–water partition coefficient (Wildman–Crippen LogP) is 0.766. The molecule has 1 aliphatic carbocycles. The fourth-order valence-corrected chi connectivity index (χ4v) is 3.11. The molecule has 1 aliphatic heterocycles. The quantitative estimate of drug-likeness (QED) is 0.747. The number of nitrogens with two attached hydrogens (primary N) is 1.